The average molecular weight is 258 g/mol. The van der Waals surface area contributed by atoms with Crippen LogP contribution in [0.5, 0.6) is 0 Å². The largest absolute Gasteiger partial charge is 0.481 e. The van der Waals surface area contributed by atoms with E-state index in [9.17, 15) is 9.59 Å². The van der Waals surface area contributed by atoms with Crippen LogP contribution < -0.4 is 10.6 Å². The molecule has 1 aliphatic rings. The fourth-order valence-corrected chi connectivity index (χ4v) is 2.21. The van der Waals surface area contributed by atoms with Gasteiger partial charge in [-0.2, -0.15) is 0 Å². The molecule has 3 unspecified atom stereocenters. The SMILES string of the molecule is COC(C)CNC(=O)NCC1CCCC1C(=O)O. The number of carbonyl (C=O) groups excluding carboxylic acids is 1. The fourth-order valence-electron chi connectivity index (χ4n) is 2.21. The van der Waals surface area contributed by atoms with Gasteiger partial charge in [-0.1, -0.05) is 6.42 Å². The maximum Gasteiger partial charge on any atom is 0.314 e. The highest BCUT2D eigenvalue weighted by Crippen LogP contribution is 2.31. The summed E-state index contributed by atoms with van der Waals surface area (Å²) in [7, 11) is 1.58. The van der Waals surface area contributed by atoms with E-state index in [1.165, 1.54) is 0 Å². The molecule has 0 bridgehead atoms. The van der Waals surface area contributed by atoms with Gasteiger partial charge < -0.3 is 20.5 Å². The first-order valence-electron chi connectivity index (χ1n) is 6.32. The maximum atomic E-state index is 11.5. The zero-order valence-electron chi connectivity index (χ0n) is 10.9. The van der Waals surface area contributed by atoms with Gasteiger partial charge in [0.1, 0.15) is 0 Å². The van der Waals surface area contributed by atoms with Crippen LogP contribution in [0.1, 0.15) is 26.2 Å². The first-order valence-corrected chi connectivity index (χ1v) is 6.32. The second-order valence-electron chi connectivity index (χ2n) is 4.77. The minimum Gasteiger partial charge on any atom is -0.481 e. The Morgan fingerprint density at radius 2 is 2.11 bits per heavy atom. The first-order chi connectivity index (χ1) is 8.54. The van der Waals surface area contributed by atoms with E-state index in [0.29, 0.717) is 19.5 Å². The number of aliphatic carboxylic acids is 1. The lowest BCUT2D eigenvalue weighted by Gasteiger charge is -2.17. The van der Waals surface area contributed by atoms with Gasteiger partial charge in [0.15, 0.2) is 0 Å². The predicted octanol–water partition coefficient (Wildman–Crippen LogP) is 0.821. The highest BCUT2D eigenvalue weighted by Gasteiger charge is 2.32. The van der Waals surface area contributed by atoms with Crippen LogP contribution in [0, 0.1) is 11.8 Å². The summed E-state index contributed by atoms with van der Waals surface area (Å²) in [6.07, 6.45) is 2.47. The second-order valence-corrected chi connectivity index (χ2v) is 4.77. The maximum absolute atomic E-state index is 11.5. The molecule has 6 nitrogen and oxygen atoms in total. The molecule has 0 radical (unpaired) electrons. The molecular formula is C12H22N2O4. The fraction of sp³-hybridized carbons (Fsp3) is 0.833. The van der Waals surface area contributed by atoms with E-state index in [4.69, 9.17) is 9.84 Å². The number of carboxylic acids is 1. The zero-order chi connectivity index (χ0) is 13.5. The third kappa shape index (κ3) is 4.52. The molecule has 0 aliphatic heterocycles. The molecule has 2 amide bonds. The Morgan fingerprint density at radius 1 is 1.39 bits per heavy atom. The van der Waals surface area contributed by atoms with Crippen molar-refractivity contribution in [2.45, 2.75) is 32.3 Å². The Kier molecular flexibility index (Phi) is 5.91. The van der Waals surface area contributed by atoms with E-state index in [-0.39, 0.29) is 24.0 Å². The molecule has 3 N–H and O–H groups in total. The van der Waals surface area contributed by atoms with Crippen molar-refractivity contribution in [3.8, 4) is 0 Å². The van der Waals surface area contributed by atoms with Crippen molar-refractivity contribution in [2.24, 2.45) is 11.8 Å². The number of amides is 2. The number of carboxylic acid groups (broad SMARTS) is 1. The molecule has 3 atom stereocenters. The smallest absolute Gasteiger partial charge is 0.314 e. The van der Waals surface area contributed by atoms with Gasteiger partial charge in [-0.05, 0) is 25.7 Å². The third-order valence-electron chi connectivity index (χ3n) is 3.45. The van der Waals surface area contributed by atoms with Crippen molar-refractivity contribution in [1.29, 1.82) is 0 Å². The number of ether oxygens (including phenoxy) is 1. The normalized spacial score (nSPS) is 24.6. The van der Waals surface area contributed by atoms with Gasteiger partial charge >= 0.3 is 12.0 Å². The Morgan fingerprint density at radius 3 is 2.72 bits per heavy atom. The van der Waals surface area contributed by atoms with E-state index in [1.54, 1.807) is 7.11 Å². The van der Waals surface area contributed by atoms with Crippen LogP contribution in [0.4, 0.5) is 4.79 Å². The summed E-state index contributed by atoms with van der Waals surface area (Å²) in [6.45, 7) is 2.72. The van der Waals surface area contributed by atoms with Crippen molar-refractivity contribution < 1.29 is 19.4 Å². The molecule has 6 heteroatoms. The van der Waals surface area contributed by atoms with Crippen LogP contribution in [-0.2, 0) is 9.53 Å². The lowest BCUT2D eigenvalue weighted by molar-refractivity contribution is -0.142. The molecule has 18 heavy (non-hydrogen) atoms. The highest BCUT2D eigenvalue weighted by atomic mass is 16.5. The molecule has 1 fully saturated rings. The van der Waals surface area contributed by atoms with Crippen molar-refractivity contribution in [3.63, 3.8) is 0 Å². The van der Waals surface area contributed by atoms with Crippen LogP contribution in [-0.4, -0.2) is 43.4 Å². The predicted molar refractivity (Wildman–Crippen MR) is 66.3 cm³/mol. The van der Waals surface area contributed by atoms with Crippen LogP contribution in [0.15, 0.2) is 0 Å². The van der Waals surface area contributed by atoms with E-state index < -0.39 is 5.97 Å². The summed E-state index contributed by atoms with van der Waals surface area (Å²) in [5.74, 6) is -1.02. The number of hydrogen-bond donors (Lipinski definition) is 3. The Labute approximate surface area is 107 Å². The number of carbonyl (C=O) groups is 2. The van der Waals surface area contributed by atoms with E-state index in [1.807, 2.05) is 6.92 Å². The molecule has 0 aromatic heterocycles. The molecule has 0 aromatic rings. The van der Waals surface area contributed by atoms with Gasteiger partial charge in [0, 0.05) is 20.2 Å². The molecule has 0 saturated heterocycles. The first kappa shape index (κ1) is 14.8. The van der Waals surface area contributed by atoms with E-state index in [0.717, 1.165) is 12.8 Å². The third-order valence-corrected chi connectivity index (χ3v) is 3.45. The quantitative estimate of drug-likeness (QED) is 0.658. The Bertz CT molecular complexity index is 296. The molecule has 0 heterocycles. The van der Waals surface area contributed by atoms with Crippen molar-refractivity contribution in [1.82, 2.24) is 10.6 Å². The van der Waals surface area contributed by atoms with Crippen molar-refractivity contribution in [3.05, 3.63) is 0 Å². The second kappa shape index (κ2) is 7.20. The van der Waals surface area contributed by atoms with Gasteiger partial charge in [-0.15, -0.1) is 0 Å². The standard InChI is InChI=1S/C12H22N2O4/c1-8(18-2)6-13-12(17)14-7-9-4-3-5-10(9)11(15)16/h8-10H,3-7H2,1-2H3,(H,15,16)(H2,13,14,17). The number of rotatable bonds is 6. The highest BCUT2D eigenvalue weighted by molar-refractivity contribution is 5.74. The molecule has 0 spiro atoms. The summed E-state index contributed by atoms with van der Waals surface area (Å²) in [4.78, 5) is 22.4. The molecular weight excluding hydrogens is 236 g/mol. The molecule has 1 saturated carbocycles. The van der Waals surface area contributed by atoms with Crippen LogP contribution in [0.25, 0.3) is 0 Å². The van der Waals surface area contributed by atoms with Crippen LogP contribution >= 0.6 is 0 Å². The van der Waals surface area contributed by atoms with Gasteiger partial charge in [0.2, 0.25) is 0 Å². The molecule has 1 rings (SSSR count). The molecule has 0 aromatic carbocycles. The van der Waals surface area contributed by atoms with Gasteiger partial charge in [0.05, 0.1) is 12.0 Å². The number of hydrogen-bond acceptors (Lipinski definition) is 3. The number of urea groups is 1. The minimum atomic E-state index is -0.757. The number of methoxy groups -OCH3 is 1. The summed E-state index contributed by atoms with van der Waals surface area (Å²) >= 11 is 0. The van der Waals surface area contributed by atoms with Gasteiger partial charge in [-0.25, -0.2) is 4.79 Å². The molecule has 1 aliphatic carbocycles. The van der Waals surface area contributed by atoms with Crippen LogP contribution in [0.2, 0.25) is 0 Å². The van der Waals surface area contributed by atoms with Crippen LogP contribution in [0.3, 0.4) is 0 Å². The van der Waals surface area contributed by atoms with Crippen molar-refractivity contribution >= 4 is 12.0 Å². The summed E-state index contributed by atoms with van der Waals surface area (Å²) in [6, 6.07) is -0.269. The van der Waals surface area contributed by atoms with Crippen molar-refractivity contribution in [2.75, 3.05) is 20.2 Å². The minimum absolute atomic E-state index is 0.0333. The summed E-state index contributed by atoms with van der Waals surface area (Å²) in [5, 5.41) is 14.4. The Balaban J connectivity index is 2.23. The molecule has 104 valence electrons. The lowest BCUT2D eigenvalue weighted by atomic mass is 9.96. The average Bonchev–Trinajstić information content (AvgIpc) is 2.81. The zero-order valence-corrected chi connectivity index (χ0v) is 10.9. The number of nitrogens with one attached hydrogen (secondary N) is 2. The van der Waals surface area contributed by atoms with E-state index in [2.05, 4.69) is 10.6 Å². The van der Waals surface area contributed by atoms with Gasteiger partial charge in [0.25, 0.3) is 0 Å². The topological polar surface area (TPSA) is 87.7 Å². The monoisotopic (exact) mass is 258 g/mol. The Hall–Kier alpha value is -1.30. The summed E-state index contributed by atoms with van der Waals surface area (Å²) in [5.41, 5.74) is 0. The van der Waals surface area contributed by atoms with E-state index >= 15 is 0 Å². The summed E-state index contributed by atoms with van der Waals surface area (Å²) < 4.78 is 5.01. The van der Waals surface area contributed by atoms with Gasteiger partial charge in [-0.3, -0.25) is 4.79 Å². The lowest BCUT2D eigenvalue weighted by Crippen LogP contribution is -2.42.